The molecule has 0 saturated carbocycles. The minimum absolute atomic E-state index is 0.378. The number of aromatic nitrogens is 2. The highest BCUT2D eigenvalue weighted by Crippen LogP contribution is 2.00. The average molecular weight is 240 g/mol. The van der Waals surface area contributed by atoms with E-state index in [1.807, 2.05) is 0 Å². The van der Waals surface area contributed by atoms with E-state index in [0.29, 0.717) is 13.1 Å². The highest BCUT2D eigenvalue weighted by Gasteiger charge is 2.28. The van der Waals surface area contributed by atoms with Crippen LogP contribution in [0.3, 0.4) is 0 Å². The maximum atomic E-state index is 11.4. The molecule has 1 aromatic heterocycles. The Hall–Kier alpha value is -2.05. The van der Waals surface area contributed by atoms with Crippen LogP contribution in [0.1, 0.15) is 13.8 Å². The molecule has 0 unspecified atom stereocenters. The van der Waals surface area contributed by atoms with Crippen molar-refractivity contribution in [2.45, 2.75) is 25.9 Å². The normalized spacial score (nSPS) is 10.9. The predicted octanol–water partition coefficient (Wildman–Crippen LogP) is 0.0455. The summed E-state index contributed by atoms with van der Waals surface area (Å²) in [5.41, 5.74) is -1.28. The van der Waals surface area contributed by atoms with Crippen LogP contribution in [0.15, 0.2) is 18.5 Å². The van der Waals surface area contributed by atoms with Crippen LogP contribution in [0.5, 0.6) is 0 Å². The van der Waals surface area contributed by atoms with E-state index in [0.717, 1.165) is 0 Å². The first-order valence-electron chi connectivity index (χ1n) is 5.18. The van der Waals surface area contributed by atoms with Gasteiger partial charge in [-0.2, -0.15) is 5.10 Å². The molecule has 7 nitrogen and oxygen atoms in total. The Labute approximate surface area is 98.8 Å². The first-order chi connectivity index (χ1) is 7.92. The summed E-state index contributed by atoms with van der Waals surface area (Å²) in [6, 6.07) is 1.28. The fourth-order valence-corrected chi connectivity index (χ4v) is 1.10. The topological polar surface area (TPSA) is 96.3 Å². The zero-order valence-electron chi connectivity index (χ0n) is 9.80. The van der Waals surface area contributed by atoms with E-state index in [2.05, 4.69) is 15.7 Å². The Kier molecular flexibility index (Phi) is 4.08. The maximum Gasteiger partial charge on any atom is 0.328 e. The first-order valence-corrected chi connectivity index (χ1v) is 5.18. The van der Waals surface area contributed by atoms with Crippen molar-refractivity contribution in [3.63, 3.8) is 0 Å². The summed E-state index contributed by atoms with van der Waals surface area (Å²) in [5, 5.41) is 17.7. The number of hydrogen-bond acceptors (Lipinski definition) is 3. The number of hydrogen-bond donors (Lipinski definition) is 3. The van der Waals surface area contributed by atoms with Gasteiger partial charge in [0.25, 0.3) is 0 Å². The van der Waals surface area contributed by atoms with Crippen LogP contribution in [0.25, 0.3) is 0 Å². The third kappa shape index (κ3) is 4.13. The molecule has 94 valence electrons. The summed E-state index contributed by atoms with van der Waals surface area (Å²) in [6.45, 7) is 3.75. The Morgan fingerprint density at radius 1 is 1.47 bits per heavy atom. The third-order valence-electron chi connectivity index (χ3n) is 2.15. The second kappa shape index (κ2) is 5.33. The van der Waals surface area contributed by atoms with Crippen LogP contribution in [-0.4, -0.2) is 39.0 Å². The molecule has 17 heavy (non-hydrogen) atoms. The lowest BCUT2D eigenvalue weighted by Crippen LogP contribution is -2.53. The molecule has 3 N–H and O–H groups in total. The molecule has 0 saturated heterocycles. The van der Waals surface area contributed by atoms with Gasteiger partial charge >= 0.3 is 12.0 Å². The van der Waals surface area contributed by atoms with Crippen molar-refractivity contribution in [3.05, 3.63) is 18.5 Å². The van der Waals surface area contributed by atoms with Crippen molar-refractivity contribution in [2.75, 3.05) is 6.54 Å². The number of urea groups is 1. The van der Waals surface area contributed by atoms with E-state index in [1.165, 1.54) is 13.8 Å². The van der Waals surface area contributed by atoms with Crippen molar-refractivity contribution >= 4 is 12.0 Å². The number of nitrogens with one attached hydrogen (secondary N) is 2. The molecule has 0 aliphatic heterocycles. The molecule has 0 fully saturated rings. The summed E-state index contributed by atoms with van der Waals surface area (Å²) >= 11 is 0. The van der Waals surface area contributed by atoms with E-state index in [-0.39, 0.29) is 0 Å². The highest BCUT2D eigenvalue weighted by molar-refractivity contribution is 5.85. The summed E-state index contributed by atoms with van der Waals surface area (Å²) in [4.78, 5) is 22.1. The molecule has 0 aliphatic carbocycles. The zero-order valence-corrected chi connectivity index (χ0v) is 9.80. The molecule has 0 radical (unpaired) electrons. The van der Waals surface area contributed by atoms with E-state index < -0.39 is 17.5 Å². The molecule has 2 amide bonds. The van der Waals surface area contributed by atoms with Crippen LogP contribution in [-0.2, 0) is 11.3 Å². The van der Waals surface area contributed by atoms with Crippen molar-refractivity contribution in [1.82, 2.24) is 20.4 Å². The van der Waals surface area contributed by atoms with Gasteiger partial charge in [0.05, 0.1) is 6.54 Å². The summed E-state index contributed by atoms with van der Waals surface area (Å²) < 4.78 is 1.67. The van der Waals surface area contributed by atoms with E-state index in [4.69, 9.17) is 5.11 Å². The lowest BCUT2D eigenvalue weighted by atomic mass is 10.1. The molecule has 0 aromatic carbocycles. The van der Waals surface area contributed by atoms with Crippen molar-refractivity contribution in [3.8, 4) is 0 Å². The first kappa shape index (κ1) is 13.0. The van der Waals surface area contributed by atoms with Gasteiger partial charge in [-0.15, -0.1) is 0 Å². The largest absolute Gasteiger partial charge is 0.480 e. The van der Waals surface area contributed by atoms with Gasteiger partial charge in [0, 0.05) is 18.9 Å². The van der Waals surface area contributed by atoms with E-state index in [9.17, 15) is 9.59 Å². The van der Waals surface area contributed by atoms with Crippen LogP contribution in [0.4, 0.5) is 4.79 Å². The number of amides is 2. The van der Waals surface area contributed by atoms with Crippen LogP contribution in [0, 0.1) is 0 Å². The number of aliphatic carboxylic acids is 1. The standard InChI is InChI=1S/C10H16N4O3/c1-10(2,8(15)16)13-9(17)11-5-7-14-6-3-4-12-14/h3-4,6H,5,7H2,1-2H3,(H,15,16)(H2,11,13,17). The third-order valence-corrected chi connectivity index (χ3v) is 2.15. The number of nitrogens with zero attached hydrogens (tertiary/aromatic N) is 2. The Morgan fingerprint density at radius 3 is 2.71 bits per heavy atom. The number of carbonyl (C=O) groups excluding carboxylic acids is 1. The summed E-state index contributed by atoms with van der Waals surface area (Å²) in [5.74, 6) is -1.08. The smallest absolute Gasteiger partial charge is 0.328 e. The Morgan fingerprint density at radius 2 is 2.18 bits per heavy atom. The molecule has 1 aromatic rings. The molecule has 0 aliphatic rings. The minimum Gasteiger partial charge on any atom is -0.480 e. The molecule has 1 heterocycles. The number of carboxylic acid groups (broad SMARTS) is 1. The fraction of sp³-hybridized carbons (Fsp3) is 0.500. The quantitative estimate of drug-likeness (QED) is 0.677. The Bertz CT molecular complexity index is 386. The van der Waals surface area contributed by atoms with E-state index >= 15 is 0 Å². The number of rotatable bonds is 5. The van der Waals surface area contributed by atoms with Gasteiger partial charge in [-0.05, 0) is 19.9 Å². The SMILES string of the molecule is CC(C)(NC(=O)NCCn1cccn1)C(=O)O. The lowest BCUT2D eigenvalue weighted by Gasteiger charge is -2.21. The van der Waals surface area contributed by atoms with E-state index in [1.54, 1.807) is 23.1 Å². The molecule has 0 spiro atoms. The molecular weight excluding hydrogens is 224 g/mol. The van der Waals surface area contributed by atoms with Gasteiger partial charge in [0.2, 0.25) is 0 Å². The van der Waals surface area contributed by atoms with Crippen LogP contribution >= 0.6 is 0 Å². The van der Waals surface area contributed by atoms with Gasteiger partial charge in [-0.25, -0.2) is 9.59 Å². The van der Waals surface area contributed by atoms with Gasteiger partial charge < -0.3 is 15.7 Å². The molecule has 7 heteroatoms. The molecule has 1 rings (SSSR count). The number of carbonyl (C=O) groups is 2. The van der Waals surface area contributed by atoms with Crippen LogP contribution in [0.2, 0.25) is 0 Å². The van der Waals surface area contributed by atoms with Crippen molar-refractivity contribution in [1.29, 1.82) is 0 Å². The highest BCUT2D eigenvalue weighted by atomic mass is 16.4. The second-order valence-corrected chi connectivity index (χ2v) is 4.08. The average Bonchev–Trinajstić information content (AvgIpc) is 2.69. The summed E-state index contributed by atoms with van der Waals surface area (Å²) in [7, 11) is 0. The van der Waals surface area contributed by atoms with Crippen molar-refractivity contribution < 1.29 is 14.7 Å². The van der Waals surface area contributed by atoms with Crippen molar-refractivity contribution in [2.24, 2.45) is 0 Å². The second-order valence-electron chi connectivity index (χ2n) is 4.08. The predicted molar refractivity (Wildman–Crippen MR) is 60.5 cm³/mol. The monoisotopic (exact) mass is 240 g/mol. The zero-order chi connectivity index (χ0) is 12.9. The van der Waals surface area contributed by atoms with Gasteiger partial charge in [0.1, 0.15) is 5.54 Å². The lowest BCUT2D eigenvalue weighted by molar-refractivity contribution is -0.142. The molecule has 0 bridgehead atoms. The number of carboxylic acids is 1. The maximum absolute atomic E-state index is 11.4. The molecule has 0 atom stereocenters. The van der Waals surface area contributed by atoms with Gasteiger partial charge in [-0.3, -0.25) is 4.68 Å². The van der Waals surface area contributed by atoms with Gasteiger partial charge in [-0.1, -0.05) is 0 Å². The van der Waals surface area contributed by atoms with Gasteiger partial charge in [0.15, 0.2) is 0 Å². The minimum atomic E-state index is -1.28. The van der Waals surface area contributed by atoms with Crippen LogP contribution < -0.4 is 10.6 Å². The molecular formula is C10H16N4O3. The Balaban J connectivity index is 2.28. The summed E-state index contributed by atoms with van der Waals surface area (Å²) in [6.07, 6.45) is 3.42. The fourth-order valence-electron chi connectivity index (χ4n) is 1.10.